The van der Waals surface area contributed by atoms with Gasteiger partial charge in [-0.2, -0.15) is 5.26 Å². The summed E-state index contributed by atoms with van der Waals surface area (Å²) in [5.74, 6) is 0. The maximum atomic E-state index is 9.33. The van der Waals surface area contributed by atoms with Crippen LogP contribution in [0.5, 0.6) is 0 Å². The molecular weight excluding hydrogens is 275 g/mol. The van der Waals surface area contributed by atoms with E-state index >= 15 is 0 Å². The number of piperidine rings is 1. The van der Waals surface area contributed by atoms with E-state index in [-0.39, 0.29) is 0 Å². The number of hydrogen-bond acceptors (Lipinski definition) is 5. The lowest BCUT2D eigenvalue weighted by Crippen LogP contribution is -2.64. The second-order valence-electron chi connectivity index (χ2n) is 6.34. The van der Waals surface area contributed by atoms with Gasteiger partial charge in [-0.15, -0.1) is 0 Å². The minimum atomic E-state index is -0.420. The number of para-hydroxylation sites is 1. The molecule has 2 fully saturated rings. The van der Waals surface area contributed by atoms with Crippen molar-refractivity contribution < 1.29 is 5.02 Å². The highest BCUT2D eigenvalue weighted by Gasteiger charge is 2.34. The summed E-state index contributed by atoms with van der Waals surface area (Å²) < 4.78 is 0. The first kappa shape index (κ1) is 15.4. The molecule has 6 heteroatoms. The summed E-state index contributed by atoms with van der Waals surface area (Å²) in [5, 5.41) is 21.7. The van der Waals surface area contributed by atoms with Gasteiger partial charge in [-0.1, -0.05) is 12.1 Å². The number of nitriles is 1. The highest BCUT2D eigenvalue weighted by Crippen LogP contribution is 2.27. The first-order valence-corrected chi connectivity index (χ1v) is 8.09. The van der Waals surface area contributed by atoms with Crippen molar-refractivity contribution in [3.05, 3.63) is 29.8 Å². The van der Waals surface area contributed by atoms with E-state index in [2.05, 4.69) is 21.1 Å². The van der Waals surface area contributed by atoms with Gasteiger partial charge < -0.3 is 15.2 Å². The highest BCUT2D eigenvalue weighted by molar-refractivity contribution is 6.45. The van der Waals surface area contributed by atoms with E-state index in [1.54, 1.807) is 6.82 Å². The third kappa shape index (κ3) is 3.27. The van der Waals surface area contributed by atoms with E-state index in [0.29, 0.717) is 12.1 Å². The van der Waals surface area contributed by atoms with Crippen molar-refractivity contribution in [2.24, 2.45) is 0 Å². The lowest BCUT2D eigenvalue weighted by Gasteiger charge is -2.48. The zero-order chi connectivity index (χ0) is 15.5. The first-order valence-electron chi connectivity index (χ1n) is 8.09. The van der Waals surface area contributed by atoms with Crippen LogP contribution in [0.25, 0.3) is 0 Å². The quantitative estimate of drug-likeness (QED) is 0.809. The number of likely N-dealkylation sites (tertiary alicyclic amines) is 1. The van der Waals surface area contributed by atoms with Crippen LogP contribution in [-0.2, 0) is 0 Å². The van der Waals surface area contributed by atoms with Crippen molar-refractivity contribution >= 4 is 12.7 Å². The molecule has 0 bridgehead atoms. The van der Waals surface area contributed by atoms with E-state index < -0.39 is 7.05 Å². The van der Waals surface area contributed by atoms with Crippen LogP contribution < -0.4 is 10.1 Å². The molecule has 0 amide bonds. The van der Waals surface area contributed by atoms with Gasteiger partial charge in [0.25, 0.3) is 0 Å². The predicted molar refractivity (Wildman–Crippen MR) is 88.7 cm³/mol. The molecule has 2 heterocycles. The van der Waals surface area contributed by atoms with Crippen LogP contribution in [0.15, 0.2) is 24.3 Å². The molecule has 0 aliphatic carbocycles. The van der Waals surface area contributed by atoms with Crippen molar-refractivity contribution in [2.45, 2.75) is 31.7 Å². The smallest absolute Gasteiger partial charge is 0.373 e. The van der Waals surface area contributed by atoms with Crippen LogP contribution in [-0.4, -0.2) is 55.2 Å². The van der Waals surface area contributed by atoms with Gasteiger partial charge in [0.2, 0.25) is 0 Å². The molecular formula is C16H23BN4O. The molecule has 116 valence electrons. The van der Waals surface area contributed by atoms with Gasteiger partial charge in [-0.3, -0.25) is 4.90 Å². The van der Waals surface area contributed by atoms with E-state index in [1.807, 2.05) is 24.3 Å². The lowest BCUT2D eigenvalue weighted by molar-refractivity contribution is 0.0704. The number of anilines is 1. The maximum Gasteiger partial charge on any atom is 0.373 e. The van der Waals surface area contributed by atoms with Crippen molar-refractivity contribution in [3.8, 4) is 6.07 Å². The van der Waals surface area contributed by atoms with Crippen LogP contribution in [0.4, 0.5) is 5.69 Å². The maximum absolute atomic E-state index is 9.33. The molecule has 2 N–H and O–H groups in total. The minimum absolute atomic E-state index is 0.420. The third-order valence-corrected chi connectivity index (χ3v) is 4.73. The highest BCUT2D eigenvalue weighted by atomic mass is 16.2. The second-order valence-corrected chi connectivity index (χ2v) is 6.34. The SMILES string of the molecule is CB(O)NC1CN(C2CCN(c3ccccc3C#N)CC2)C1. The molecule has 0 radical (unpaired) electrons. The Balaban J connectivity index is 1.50. The van der Waals surface area contributed by atoms with Gasteiger partial charge in [-0.05, 0) is 31.8 Å². The molecule has 22 heavy (non-hydrogen) atoms. The fourth-order valence-corrected chi connectivity index (χ4v) is 3.57. The third-order valence-electron chi connectivity index (χ3n) is 4.73. The largest absolute Gasteiger partial charge is 0.437 e. The molecule has 3 rings (SSSR count). The Morgan fingerprint density at radius 1 is 1.27 bits per heavy atom. The Morgan fingerprint density at radius 3 is 2.59 bits per heavy atom. The summed E-state index contributed by atoms with van der Waals surface area (Å²) in [4.78, 5) is 4.84. The van der Waals surface area contributed by atoms with Crippen LogP contribution >= 0.6 is 0 Å². The number of nitrogens with one attached hydrogen (secondary N) is 1. The van der Waals surface area contributed by atoms with E-state index in [0.717, 1.165) is 50.3 Å². The Hall–Kier alpha value is -1.55. The average Bonchev–Trinajstić information content (AvgIpc) is 2.50. The van der Waals surface area contributed by atoms with Gasteiger partial charge >= 0.3 is 7.05 Å². The second kappa shape index (κ2) is 6.70. The number of nitrogens with zero attached hydrogens (tertiary/aromatic N) is 3. The predicted octanol–water partition coefficient (Wildman–Crippen LogP) is 0.911. The standard InChI is InChI=1S/C16H23BN4O/c1-17(22)19-14-11-21(12-14)15-6-8-20(9-7-15)16-5-3-2-4-13(16)10-18/h2-5,14-15,19,22H,6-9,11-12H2,1H3. The molecule has 0 spiro atoms. The Kier molecular flexibility index (Phi) is 4.67. The topological polar surface area (TPSA) is 62.5 Å². The molecule has 5 nitrogen and oxygen atoms in total. The molecule has 0 unspecified atom stereocenters. The van der Waals surface area contributed by atoms with Gasteiger partial charge in [-0.25, -0.2) is 0 Å². The zero-order valence-electron chi connectivity index (χ0n) is 13.1. The lowest BCUT2D eigenvalue weighted by atomic mass is 9.85. The van der Waals surface area contributed by atoms with E-state index in [1.165, 1.54) is 0 Å². The molecule has 2 aliphatic heterocycles. The average molecular weight is 298 g/mol. The molecule has 0 saturated carbocycles. The first-order chi connectivity index (χ1) is 10.7. The molecule has 2 aliphatic rings. The van der Waals surface area contributed by atoms with Crippen LogP contribution in [0.3, 0.4) is 0 Å². The normalized spacial score (nSPS) is 20.5. The summed E-state index contributed by atoms with van der Waals surface area (Å²) >= 11 is 0. The van der Waals surface area contributed by atoms with Gasteiger partial charge in [0, 0.05) is 38.3 Å². The Morgan fingerprint density at radius 2 is 1.95 bits per heavy atom. The fourth-order valence-electron chi connectivity index (χ4n) is 3.57. The van der Waals surface area contributed by atoms with Crippen molar-refractivity contribution in [2.75, 3.05) is 31.1 Å². The monoisotopic (exact) mass is 298 g/mol. The number of benzene rings is 1. The molecule has 2 saturated heterocycles. The summed E-state index contributed by atoms with van der Waals surface area (Å²) in [5.41, 5.74) is 1.84. The minimum Gasteiger partial charge on any atom is -0.437 e. The van der Waals surface area contributed by atoms with Crippen molar-refractivity contribution in [1.29, 1.82) is 5.26 Å². The van der Waals surface area contributed by atoms with Crippen LogP contribution in [0.1, 0.15) is 18.4 Å². The van der Waals surface area contributed by atoms with Gasteiger partial charge in [0.05, 0.1) is 11.3 Å². The van der Waals surface area contributed by atoms with E-state index in [4.69, 9.17) is 0 Å². The summed E-state index contributed by atoms with van der Waals surface area (Å²) in [6, 6.07) is 11.2. The molecule has 0 aromatic heterocycles. The Bertz CT molecular complexity index is 545. The molecule has 0 atom stereocenters. The van der Waals surface area contributed by atoms with Gasteiger partial charge in [0.15, 0.2) is 0 Å². The van der Waals surface area contributed by atoms with Gasteiger partial charge in [0.1, 0.15) is 6.07 Å². The Labute approximate surface area is 132 Å². The number of hydrogen-bond donors (Lipinski definition) is 2. The fraction of sp³-hybridized carbons (Fsp3) is 0.562. The molecule has 1 aromatic rings. The van der Waals surface area contributed by atoms with Crippen molar-refractivity contribution in [3.63, 3.8) is 0 Å². The van der Waals surface area contributed by atoms with E-state index in [9.17, 15) is 10.3 Å². The summed E-state index contributed by atoms with van der Waals surface area (Å²) in [6.07, 6.45) is 2.28. The van der Waals surface area contributed by atoms with Crippen LogP contribution in [0, 0.1) is 11.3 Å². The summed E-state index contributed by atoms with van der Waals surface area (Å²) in [7, 11) is -0.420. The molecule has 1 aromatic carbocycles. The number of rotatable bonds is 4. The van der Waals surface area contributed by atoms with Crippen molar-refractivity contribution in [1.82, 2.24) is 10.1 Å². The zero-order valence-corrected chi connectivity index (χ0v) is 13.1. The van der Waals surface area contributed by atoms with Crippen LogP contribution in [0.2, 0.25) is 6.82 Å². The summed E-state index contributed by atoms with van der Waals surface area (Å²) in [6.45, 7) is 5.85.